The van der Waals surface area contributed by atoms with Crippen LogP contribution in [0.4, 0.5) is 11.5 Å². The number of para-hydroxylation sites is 2. The highest BCUT2D eigenvalue weighted by molar-refractivity contribution is 5.90. The third-order valence-corrected chi connectivity index (χ3v) is 5.17. The Kier molecular flexibility index (Phi) is 5.62. The van der Waals surface area contributed by atoms with Gasteiger partial charge in [-0.05, 0) is 31.2 Å². The molecule has 8 nitrogen and oxygen atoms in total. The molecule has 0 bridgehead atoms. The third kappa shape index (κ3) is 4.02. The molecule has 1 aliphatic heterocycles. The van der Waals surface area contributed by atoms with Crippen LogP contribution in [0.1, 0.15) is 13.3 Å². The summed E-state index contributed by atoms with van der Waals surface area (Å²) in [6.07, 6.45) is 1.88. The number of hydrogen-bond acceptors (Lipinski definition) is 5. The van der Waals surface area contributed by atoms with Gasteiger partial charge in [-0.2, -0.15) is 0 Å². The normalized spacial score (nSPS) is 14.3. The summed E-state index contributed by atoms with van der Waals surface area (Å²) >= 11 is 0. The van der Waals surface area contributed by atoms with Crippen LogP contribution in [0.5, 0.6) is 0 Å². The van der Waals surface area contributed by atoms with Gasteiger partial charge >= 0.3 is 5.69 Å². The van der Waals surface area contributed by atoms with Crippen LogP contribution in [0.15, 0.2) is 47.4 Å². The number of anilines is 2. The van der Waals surface area contributed by atoms with Crippen LogP contribution in [0, 0.1) is 0 Å². The lowest BCUT2D eigenvalue weighted by molar-refractivity contribution is -0.116. The number of carbonyl (C=O) groups is 1. The second kappa shape index (κ2) is 8.48. The van der Waals surface area contributed by atoms with Crippen LogP contribution in [-0.2, 0) is 22.6 Å². The predicted octanol–water partition coefficient (Wildman–Crippen LogP) is 2.08. The molecule has 1 aliphatic rings. The van der Waals surface area contributed by atoms with E-state index in [-0.39, 0.29) is 18.0 Å². The molecule has 0 atom stereocenters. The van der Waals surface area contributed by atoms with E-state index in [9.17, 15) is 9.59 Å². The van der Waals surface area contributed by atoms with Gasteiger partial charge in [-0.25, -0.2) is 9.78 Å². The van der Waals surface area contributed by atoms with Crippen molar-refractivity contribution in [2.24, 2.45) is 0 Å². The number of aryl methyl sites for hydroxylation is 2. The fraction of sp³-hybridized carbons (Fsp3) is 0.381. The van der Waals surface area contributed by atoms with Gasteiger partial charge in [-0.3, -0.25) is 13.9 Å². The van der Waals surface area contributed by atoms with Crippen LogP contribution in [0.2, 0.25) is 0 Å². The van der Waals surface area contributed by atoms with E-state index >= 15 is 0 Å². The maximum absolute atomic E-state index is 12.6. The highest BCUT2D eigenvalue weighted by Gasteiger charge is 2.14. The zero-order valence-corrected chi connectivity index (χ0v) is 16.5. The molecule has 1 aromatic carbocycles. The number of benzene rings is 1. The molecule has 3 aromatic rings. The molecule has 1 amide bonds. The molecule has 0 aliphatic carbocycles. The predicted molar refractivity (Wildman–Crippen MR) is 112 cm³/mol. The van der Waals surface area contributed by atoms with E-state index in [1.807, 2.05) is 43.3 Å². The number of imidazole rings is 1. The summed E-state index contributed by atoms with van der Waals surface area (Å²) in [6.45, 7) is 5.91. The van der Waals surface area contributed by atoms with Gasteiger partial charge in [-0.15, -0.1) is 0 Å². The molecular formula is C21H25N5O3. The Labute approximate surface area is 168 Å². The van der Waals surface area contributed by atoms with E-state index in [0.29, 0.717) is 32.0 Å². The van der Waals surface area contributed by atoms with Crippen molar-refractivity contribution >= 4 is 28.4 Å². The number of aromatic nitrogens is 3. The average molecular weight is 395 g/mol. The summed E-state index contributed by atoms with van der Waals surface area (Å²) < 4.78 is 8.74. The van der Waals surface area contributed by atoms with Gasteiger partial charge in [0.25, 0.3) is 0 Å². The first-order chi connectivity index (χ1) is 14.2. The Balaban J connectivity index is 1.40. The fourth-order valence-corrected chi connectivity index (χ4v) is 3.67. The van der Waals surface area contributed by atoms with Gasteiger partial charge in [0.05, 0.1) is 36.1 Å². The van der Waals surface area contributed by atoms with E-state index in [0.717, 1.165) is 29.9 Å². The van der Waals surface area contributed by atoms with Crippen LogP contribution in [-0.4, -0.2) is 46.3 Å². The lowest BCUT2D eigenvalue weighted by Crippen LogP contribution is -2.36. The zero-order valence-electron chi connectivity index (χ0n) is 16.5. The van der Waals surface area contributed by atoms with Gasteiger partial charge < -0.3 is 15.0 Å². The van der Waals surface area contributed by atoms with Gasteiger partial charge in [0.1, 0.15) is 5.82 Å². The van der Waals surface area contributed by atoms with E-state index in [1.54, 1.807) is 15.3 Å². The molecule has 1 N–H and O–H groups in total. The number of amides is 1. The van der Waals surface area contributed by atoms with Crippen molar-refractivity contribution in [1.82, 2.24) is 14.1 Å². The number of nitrogens with one attached hydrogen (secondary N) is 1. The quantitative estimate of drug-likeness (QED) is 0.691. The van der Waals surface area contributed by atoms with Gasteiger partial charge in [0.15, 0.2) is 0 Å². The van der Waals surface area contributed by atoms with Crippen molar-refractivity contribution in [3.8, 4) is 0 Å². The summed E-state index contributed by atoms with van der Waals surface area (Å²) in [5.74, 6) is 0.733. The number of nitrogens with zero attached hydrogens (tertiary/aromatic N) is 4. The second-order valence-corrected chi connectivity index (χ2v) is 6.97. The molecule has 4 rings (SSSR count). The van der Waals surface area contributed by atoms with Crippen molar-refractivity contribution in [2.45, 2.75) is 26.4 Å². The monoisotopic (exact) mass is 395 g/mol. The third-order valence-electron chi connectivity index (χ3n) is 5.17. The number of pyridine rings is 1. The number of fused-ring (bicyclic) bond motifs is 1. The topological polar surface area (TPSA) is 81.4 Å². The Morgan fingerprint density at radius 1 is 1.10 bits per heavy atom. The molecule has 1 saturated heterocycles. The first-order valence-electron chi connectivity index (χ1n) is 9.94. The molecule has 0 spiro atoms. The summed E-state index contributed by atoms with van der Waals surface area (Å²) in [5, 5.41) is 2.86. The highest BCUT2D eigenvalue weighted by atomic mass is 16.5. The first-order valence-corrected chi connectivity index (χ1v) is 9.94. The SMILES string of the molecule is CCn1c(=O)n(CCC(=O)Nc2ccc(N3CCOCC3)nc2)c2ccccc21. The molecule has 0 saturated carbocycles. The molecule has 152 valence electrons. The van der Waals surface area contributed by atoms with Gasteiger partial charge in [-0.1, -0.05) is 12.1 Å². The Bertz CT molecular complexity index is 1050. The van der Waals surface area contributed by atoms with E-state index in [1.165, 1.54) is 0 Å². The van der Waals surface area contributed by atoms with Crippen molar-refractivity contribution in [3.05, 3.63) is 53.1 Å². The summed E-state index contributed by atoms with van der Waals surface area (Å²) in [6, 6.07) is 11.4. The van der Waals surface area contributed by atoms with Gasteiger partial charge in [0.2, 0.25) is 5.91 Å². The van der Waals surface area contributed by atoms with Crippen LogP contribution in [0.3, 0.4) is 0 Å². The van der Waals surface area contributed by atoms with E-state index in [2.05, 4.69) is 15.2 Å². The van der Waals surface area contributed by atoms with Crippen LogP contribution >= 0.6 is 0 Å². The Morgan fingerprint density at radius 3 is 2.48 bits per heavy atom. The number of rotatable bonds is 6. The summed E-state index contributed by atoms with van der Waals surface area (Å²) in [5.41, 5.74) is 2.31. The molecule has 2 aromatic heterocycles. The molecule has 1 fully saturated rings. The Morgan fingerprint density at radius 2 is 1.83 bits per heavy atom. The molecule has 0 radical (unpaired) electrons. The Hall–Kier alpha value is -3.13. The number of hydrogen-bond donors (Lipinski definition) is 1. The first kappa shape index (κ1) is 19.2. The minimum absolute atomic E-state index is 0.0852. The van der Waals surface area contributed by atoms with Crippen molar-refractivity contribution in [1.29, 1.82) is 0 Å². The molecule has 0 unspecified atom stereocenters. The number of ether oxygens (including phenoxy) is 1. The highest BCUT2D eigenvalue weighted by Crippen LogP contribution is 2.16. The maximum Gasteiger partial charge on any atom is 0.329 e. The zero-order chi connectivity index (χ0) is 20.2. The van der Waals surface area contributed by atoms with Crippen LogP contribution in [0.25, 0.3) is 11.0 Å². The van der Waals surface area contributed by atoms with Crippen molar-refractivity contribution < 1.29 is 9.53 Å². The number of morpholine rings is 1. The lowest BCUT2D eigenvalue weighted by Gasteiger charge is -2.27. The molecule has 29 heavy (non-hydrogen) atoms. The number of carbonyl (C=O) groups excluding carboxylic acids is 1. The largest absolute Gasteiger partial charge is 0.378 e. The smallest absolute Gasteiger partial charge is 0.329 e. The summed E-state index contributed by atoms with van der Waals surface area (Å²) in [7, 11) is 0. The van der Waals surface area contributed by atoms with Gasteiger partial charge in [0, 0.05) is 32.6 Å². The molecule has 8 heteroatoms. The molecule has 3 heterocycles. The average Bonchev–Trinajstić information content (AvgIpc) is 3.04. The van der Waals surface area contributed by atoms with E-state index < -0.39 is 0 Å². The molecular weight excluding hydrogens is 370 g/mol. The van der Waals surface area contributed by atoms with Crippen molar-refractivity contribution in [2.75, 3.05) is 36.5 Å². The van der Waals surface area contributed by atoms with E-state index in [4.69, 9.17) is 4.74 Å². The second-order valence-electron chi connectivity index (χ2n) is 6.97. The minimum atomic E-state index is -0.147. The fourth-order valence-electron chi connectivity index (χ4n) is 3.67. The van der Waals surface area contributed by atoms with Crippen LogP contribution < -0.4 is 15.9 Å². The lowest BCUT2D eigenvalue weighted by atomic mass is 10.3. The maximum atomic E-state index is 12.6. The minimum Gasteiger partial charge on any atom is -0.378 e. The summed E-state index contributed by atoms with van der Waals surface area (Å²) in [4.78, 5) is 31.7. The van der Waals surface area contributed by atoms with Crippen molar-refractivity contribution in [3.63, 3.8) is 0 Å². The standard InChI is InChI=1S/C21H25N5O3/c1-2-25-17-5-3-4-6-18(17)26(21(25)28)10-9-20(27)23-16-7-8-19(22-15-16)24-11-13-29-14-12-24/h3-8,15H,2,9-14H2,1H3,(H,23,27).